The van der Waals surface area contributed by atoms with E-state index in [2.05, 4.69) is 5.32 Å². The highest BCUT2D eigenvalue weighted by Gasteiger charge is 2.31. The van der Waals surface area contributed by atoms with Gasteiger partial charge in [0.15, 0.2) is 0 Å². The van der Waals surface area contributed by atoms with Gasteiger partial charge in [-0.2, -0.15) is 0 Å². The highest BCUT2D eigenvalue weighted by Crippen LogP contribution is 2.28. The summed E-state index contributed by atoms with van der Waals surface area (Å²) in [5.41, 5.74) is 2.13. The number of para-hydroxylation sites is 1. The molecule has 0 aliphatic rings. The molecule has 0 radical (unpaired) electrons. The molecule has 0 fully saturated rings. The van der Waals surface area contributed by atoms with E-state index in [4.69, 9.17) is 0 Å². The molecule has 2 aromatic rings. The zero-order valence-corrected chi connectivity index (χ0v) is 17.7. The summed E-state index contributed by atoms with van der Waals surface area (Å²) in [6.07, 6.45) is 1.49. The Morgan fingerprint density at radius 2 is 1.85 bits per heavy atom. The number of carbonyl (C=O) groups is 1. The first kappa shape index (κ1) is 21.3. The molecule has 0 saturated carbocycles. The molecular weight excluding hydrogens is 380 g/mol. The molecule has 5 nitrogen and oxygen atoms in total. The SMILES string of the molecule is CCSc1ccccc1NC(=O)C(CC)N(c1cccc(C)c1)S(C)(=O)=O. The molecule has 7 heteroatoms. The molecule has 0 aliphatic heterocycles. The maximum Gasteiger partial charge on any atom is 0.248 e. The van der Waals surface area contributed by atoms with Gasteiger partial charge in [0.05, 0.1) is 17.6 Å². The molecule has 0 spiro atoms. The number of amides is 1. The summed E-state index contributed by atoms with van der Waals surface area (Å²) in [6, 6.07) is 13.9. The fraction of sp³-hybridized carbons (Fsp3) is 0.350. The molecule has 2 rings (SSSR count). The molecule has 1 amide bonds. The van der Waals surface area contributed by atoms with E-state index in [1.54, 1.807) is 30.0 Å². The maximum atomic E-state index is 13.0. The number of anilines is 2. The number of benzene rings is 2. The van der Waals surface area contributed by atoms with Gasteiger partial charge in [-0.1, -0.05) is 38.1 Å². The van der Waals surface area contributed by atoms with Gasteiger partial charge in [0.2, 0.25) is 15.9 Å². The molecule has 27 heavy (non-hydrogen) atoms. The number of nitrogens with one attached hydrogen (secondary N) is 1. The van der Waals surface area contributed by atoms with E-state index in [-0.39, 0.29) is 5.91 Å². The lowest BCUT2D eigenvalue weighted by Gasteiger charge is -2.30. The predicted octanol–water partition coefficient (Wildman–Crippen LogP) is 4.29. The Labute approximate surface area is 166 Å². The minimum absolute atomic E-state index is 0.339. The number of nitrogens with zero attached hydrogens (tertiary/aromatic N) is 1. The van der Waals surface area contributed by atoms with Crippen LogP contribution in [-0.2, 0) is 14.8 Å². The van der Waals surface area contributed by atoms with Crippen molar-refractivity contribution in [3.8, 4) is 0 Å². The van der Waals surface area contributed by atoms with Crippen molar-refractivity contribution >= 4 is 39.1 Å². The van der Waals surface area contributed by atoms with Crippen molar-refractivity contribution in [2.75, 3.05) is 21.6 Å². The van der Waals surface area contributed by atoms with E-state index >= 15 is 0 Å². The van der Waals surface area contributed by atoms with Crippen molar-refractivity contribution in [3.63, 3.8) is 0 Å². The van der Waals surface area contributed by atoms with Crippen LogP contribution in [0.2, 0.25) is 0 Å². The van der Waals surface area contributed by atoms with Crippen molar-refractivity contribution < 1.29 is 13.2 Å². The zero-order chi connectivity index (χ0) is 20.0. The van der Waals surface area contributed by atoms with Gasteiger partial charge in [0.1, 0.15) is 6.04 Å². The van der Waals surface area contributed by atoms with E-state index in [0.717, 1.165) is 22.5 Å². The molecule has 0 aliphatic carbocycles. The van der Waals surface area contributed by atoms with Gasteiger partial charge in [-0.05, 0) is 48.9 Å². The first-order chi connectivity index (χ1) is 12.8. The third-order valence-electron chi connectivity index (χ3n) is 4.03. The number of sulfonamides is 1. The van der Waals surface area contributed by atoms with Crippen LogP contribution < -0.4 is 9.62 Å². The van der Waals surface area contributed by atoms with Gasteiger partial charge in [-0.3, -0.25) is 9.10 Å². The maximum absolute atomic E-state index is 13.0. The Kier molecular flexibility index (Phi) is 7.33. The van der Waals surface area contributed by atoms with Crippen LogP contribution in [0.1, 0.15) is 25.8 Å². The predicted molar refractivity (Wildman–Crippen MR) is 114 cm³/mol. The molecule has 0 heterocycles. The monoisotopic (exact) mass is 406 g/mol. The zero-order valence-electron chi connectivity index (χ0n) is 16.1. The van der Waals surface area contributed by atoms with Crippen molar-refractivity contribution in [2.24, 2.45) is 0 Å². The Bertz CT molecular complexity index is 898. The first-order valence-electron chi connectivity index (χ1n) is 8.86. The summed E-state index contributed by atoms with van der Waals surface area (Å²) < 4.78 is 26.2. The van der Waals surface area contributed by atoms with Gasteiger partial charge in [-0.15, -0.1) is 11.8 Å². The van der Waals surface area contributed by atoms with Crippen LogP contribution in [0.4, 0.5) is 11.4 Å². The largest absolute Gasteiger partial charge is 0.323 e. The number of thioether (sulfide) groups is 1. The van der Waals surface area contributed by atoms with E-state index in [1.807, 2.05) is 51.1 Å². The van der Waals surface area contributed by atoms with Crippen molar-refractivity contribution in [3.05, 3.63) is 54.1 Å². The van der Waals surface area contributed by atoms with E-state index in [1.165, 1.54) is 4.31 Å². The summed E-state index contributed by atoms with van der Waals surface area (Å²) in [4.78, 5) is 14.0. The minimum atomic E-state index is -3.64. The lowest BCUT2D eigenvalue weighted by atomic mass is 10.1. The molecule has 1 unspecified atom stereocenters. The number of hydrogen-bond donors (Lipinski definition) is 1. The van der Waals surface area contributed by atoms with Crippen LogP contribution in [0.3, 0.4) is 0 Å². The molecule has 1 atom stereocenters. The molecule has 2 aromatic carbocycles. The van der Waals surface area contributed by atoms with Gasteiger partial charge in [0, 0.05) is 4.90 Å². The Balaban J connectivity index is 2.38. The summed E-state index contributed by atoms with van der Waals surface area (Å²) in [7, 11) is -3.64. The second-order valence-corrected chi connectivity index (χ2v) is 9.41. The molecule has 0 aromatic heterocycles. The van der Waals surface area contributed by atoms with Crippen LogP contribution in [0, 0.1) is 6.92 Å². The molecule has 0 saturated heterocycles. The van der Waals surface area contributed by atoms with Crippen LogP contribution in [-0.4, -0.2) is 32.4 Å². The second kappa shape index (κ2) is 9.28. The third kappa shape index (κ3) is 5.49. The van der Waals surface area contributed by atoms with Crippen LogP contribution in [0.25, 0.3) is 0 Å². The minimum Gasteiger partial charge on any atom is -0.323 e. The highest BCUT2D eigenvalue weighted by molar-refractivity contribution is 7.99. The molecule has 146 valence electrons. The fourth-order valence-corrected chi connectivity index (χ4v) is 4.86. The number of hydrogen-bond acceptors (Lipinski definition) is 4. The smallest absolute Gasteiger partial charge is 0.248 e. The van der Waals surface area contributed by atoms with Crippen LogP contribution >= 0.6 is 11.8 Å². The number of aryl methyl sites for hydroxylation is 1. The van der Waals surface area contributed by atoms with Gasteiger partial charge in [-0.25, -0.2) is 8.42 Å². The second-order valence-electron chi connectivity index (χ2n) is 6.24. The van der Waals surface area contributed by atoms with Gasteiger partial charge in [0.25, 0.3) is 0 Å². The topological polar surface area (TPSA) is 66.5 Å². The third-order valence-corrected chi connectivity index (χ3v) is 6.17. The Morgan fingerprint density at radius 1 is 1.15 bits per heavy atom. The average molecular weight is 407 g/mol. The van der Waals surface area contributed by atoms with Crippen LogP contribution in [0.15, 0.2) is 53.4 Å². The fourth-order valence-electron chi connectivity index (χ4n) is 2.89. The molecule has 0 bridgehead atoms. The average Bonchev–Trinajstić information content (AvgIpc) is 2.60. The van der Waals surface area contributed by atoms with Gasteiger partial charge < -0.3 is 5.32 Å². The number of carbonyl (C=O) groups excluding carboxylic acids is 1. The standard InChI is InChI=1S/C20H26N2O3S2/c1-5-18(20(23)21-17-12-7-8-13-19(17)26-6-2)22(27(4,24)25)16-11-9-10-15(3)14-16/h7-14,18H,5-6H2,1-4H3,(H,21,23). The van der Waals surface area contributed by atoms with E-state index < -0.39 is 16.1 Å². The normalized spacial score (nSPS) is 12.4. The van der Waals surface area contributed by atoms with Crippen molar-refractivity contribution in [2.45, 2.75) is 38.1 Å². The van der Waals surface area contributed by atoms with E-state index in [0.29, 0.717) is 17.8 Å². The van der Waals surface area contributed by atoms with Gasteiger partial charge >= 0.3 is 0 Å². The van der Waals surface area contributed by atoms with Crippen molar-refractivity contribution in [1.29, 1.82) is 0 Å². The van der Waals surface area contributed by atoms with E-state index in [9.17, 15) is 13.2 Å². The summed E-state index contributed by atoms with van der Waals surface area (Å²) in [5.74, 6) is 0.539. The Hall–Kier alpha value is -1.99. The lowest BCUT2D eigenvalue weighted by molar-refractivity contribution is -0.117. The van der Waals surface area contributed by atoms with Crippen LogP contribution in [0.5, 0.6) is 0 Å². The summed E-state index contributed by atoms with van der Waals surface area (Å²) in [5, 5.41) is 2.92. The van der Waals surface area contributed by atoms with Crippen molar-refractivity contribution in [1.82, 2.24) is 0 Å². The highest BCUT2D eigenvalue weighted by atomic mass is 32.2. The first-order valence-corrected chi connectivity index (χ1v) is 11.7. The summed E-state index contributed by atoms with van der Waals surface area (Å²) >= 11 is 1.63. The number of rotatable bonds is 8. The summed E-state index contributed by atoms with van der Waals surface area (Å²) in [6.45, 7) is 5.75. The quantitative estimate of drug-likeness (QED) is 0.664. The molecule has 1 N–H and O–H groups in total. The Morgan fingerprint density at radius 3 is 2.44 bits per heavy atom. The molecular formula is C20H26N2O3S2. The lowest BCUT2D eigenvalue weighted by Crippen LogP contribution is -2.47.